The zero-order valence-corrected chi connectivity index (χ0v) is 27.3. The van der Waals surface area contributed by atoms with Gasteiger partial charge in [0, 0.05) is 31.8 Å². The van der Waals surface area contributed by atoms with Crippen molar-refractivity contribution in [1.29, 1.82) is 0 Å². The van der Waals surface area contributed by atoms with Gasteiger partial charge in [0.1, 0.15) is 5.92 Å². The Morgan fingerprint density at radius 1 is 0.976 bits per heavy atom. The molecule has 9 heteroatoms. The number of nitrogens with zero attached hydrogens (tertiary/aromatic N) is 1. The molecule has 4 fully saturated rings. The van der Waals surface area contributed by atoms with Gasteiger partial charge in [-0.1, -0.05) is 49.6 Å². The van der Waals surface area contributed by atoms with E-state index >= 15 is 0 Å². The number of H-pyrrole nitrogens is 1. The van der Waals surface area contributed by atoms with Crippen molar-refractivity contribution >= 4 is 22.4 Å². The summed E-state index contributed by atoms with van der Waals surface area (Å²) < 4.78 is 0. The summed E-state index contributed by atoms with van der Waals surface area (Å²) in [6, 6.07) is 11.6. The van der Waals surface area contributed by atoms with Gasteiger partial charge in [0.05, 0.1) is 36.5 Å². The fraction of sp³-hybridized carbons (Fsp3) is 0.688. The Bertz CT molecular complexity index is 1140. The summed E-state index contributed by atoms with van der Waals surface area (Å²) in [6.07, 6.45) is 15.2. The SMILES string of the molecule is O=C([C@@H]1C[NH2+]C[C@]12CCCc1[nH+]c([NH+]3CCCC3)sc12)N1CC[C@@H](c2ccccc2)C[C@H]1C1CCCCC1.[Cl-].[Cl-].[Cl-]. The van der Waals surface area contributed by atoms with Gasteiger partial charge in [-0.15, -0.1) is 0 Å². The van der Waals surface area contributed by atoms with Crippen LogP contribution in [0.3, 0.4) is 0 Å². The summed E-state index contributed by atoms with van der Waals surface area (Å²) in [5, 5.41) is 3.92. The molecule has 5 nitrogen and oxygen atoms in total. The minimum absolute atomic E-state index is 0. The van der Waals surface area contributed by atoms with Gasteiger partial charge >= 0.3 is 5.13 Å². The standard InChI is InChI=1S/C32H44N4OS.3ClH/c37-30(36-19-15-25(23-10-3-1-4-11-23)20-28(36)24-12-5-2-6-13-24)26-21-33-22-32(26)16-9-14-27-29(32)38-31(34-27)35-17-7-8-18-35;;;/h1,3-4,10-11,24-26,28,33H,2,5-9,12-22H2;3*1H/t25-,26+,28+,32-;;;/m1.../s1. The highest BCUT2D eigenvalue weighted by atomic mass is 35.5. The first-order valence-corrected chi connectivity index (χ1v) is 16.6. The largest absolute Gasteiger partial charge is 1.00 e. The number of fused-ring (bicyclic) bond motifs is 2. The van der Waals surface area contributed by atoms with Crippen molar-refractivity contribution < 1.29 is 57.2 Å². The van der Waals surface area contributed by atoms with E-state index < -0.39 is 0 Å². The molecular weight excluding hydrogens is 595 g/mol. The Morgan fingerprint density at radius 2 is 1.73 bits per heavy atom. The number of aryl methyl sites for hydroxylation is 1. The van der Waals surface area contributed by atoms with Gasteiger partial charge in [0.25, 0.3) is 0 Å². The molecule has 1 aromatic heterocycles. The topological polar surface area (TPSA) is 55.5 Å². The van der Waals surface area contributed by atoms with E-state index in [1.54, 1.807) is 9.78 Å². The Morgan fingerprint density at radius 3 is 2.49 bits per heavy atom. The molecule has 0 bridgehead atoms. The van der Waals surface area contributed by atoms with E-state index in [0.717, 1.165) is 38.9 Å². The molecule has 1 amide bonds. The molecule has 1 spiro atoms. The Labute approximate surface area is 268 Å². The number of thiazole rings is 1. The van der Waals surface area contributed by atoms with Crippen LogP contribution in [-0.4, -0.2) is 49.6 Å². The molecule has 2 aliphatic carbocycles. The molecule has 4 atom stereocenters. The molecule has 4 N–H and O–H groups in total. The van der Waals surface area contributed by atoms with Crippen molar-refractivity contribution in [2.45, 2.75) is 94.4 Å². The summed E-state index contributed by atoms with van der Waals surface area (Å²) in [5.41, 5.74) is 2.99. The van der Waals surface area contributed by atoms with Crippen LogP contribution in [0.25, 0.3) is 0 Å². The van der Waals surface area contributed by atoms with Crippen molar-refractivity contribution in [2.75, 3.05) is 32.7 Å². The molecule has 1 saturated carbocycles. The summed E-state index contributed by atoms with van der Waals surface area (Å²) >= 11 is 2.04. The lowest BCUT2D eigenvalue weighted by Gasteiger charge is -2.46. The maximum absolute atomic E-state index is 14.7. The van der Waals surface area contributed by atoms with Crippen molar-refractivity contribution in [3.8, 4) is 0 Å². The zero-order valence-electron chi connectivity index (χ0n) is 24.2. The highest BCUT2D eigenvalue weighted by Gasteiger charge is 2.58. The molecular formula is C32H47Cl3N4OS. The third-order valence-corrected chi connectivity index (χ3v) is 12.5. The van der Waals surface area contributed by atoms with Gasteiger partial charge in [-0.3, -0.25) is 4.79 Å². The number of aromatic nitrogens is 1. The number of carbonyl (C=O) groups excluding carboxylic acids is 1. The maximum Gasteiger partial charge on any atom is 0.427 e. The van der Waals surface area contributed by atoms with Gasteiger partial charge in [0.2, 0.25) is 5.91 Å². The molecule has 1 aromatic carbocycles. The lowest BCUT2D eigenvalue weighted by atomic mass is 9.68. The second-order valence-electron chi connectivity index (χ2n) is 13.1. The Balaban J connectivity index is 0.00000129. The summed E-state index contributed by atoms with van der Waals surface area (Å²) in [5.74, 6) is 1.91. The van der Waals surface area contributed by atoms with E-state index in [1.165, 1.54) is 87.3 Å². The number of hydrogen-bond acceptors (Lipinski definition) is 2. The molecule has 0 radical (unpaired) electrons. The van der Waals surface area contributed by atoms with E-state index in [-0.39, 0.29) is 48.6 Å². The van der Waals surface area contributed by atoms with Gasteiger partial charge in [-0.25, -0.2) is 4.90 Å². The second-order valence-corrected chi connectivity index (χ2v) is 14.1. The Hall–Kier alpha value is -0.890. The van der Waals surface area contributed by atoms with Gasteiger partial charge in [-0.2, -0.15) is 4.98 Å². The molecule has 5 aliphatic rings. The minimum atomic E-state index is 0. The van der Waals surface area contributed by atoms with Crippen LogP contribution in [0.1, 0.15) is 92.7 Å². The summed E-state index contributed by atoms with van der Waals surface area (Å²) in [6.45, 7) is 5.53. The van der Waals surface area contributed by atoms with Crippen LogP contribution in [0, 0.1) is 11.8 Å². The monoisotopic (exact) mass is 640 g/mol. The maximum atomic E-state index is 14.7. The van der Waals surface area contributed by atoms with Crippen LogP contribution in [0.5, 0.6) is 0 Å². The highest BCUT2D eigenvalue weighted by molar-refractivity contribution is 7.14. The van der Waals surface area contributed by atoms with Crippen LogP contribution in [0.4, 0.5) is 5.13 Å². The van der Waals surface area contributed by atoms with Gasteiger partial charge < -0.3 is 47.4 Å². The number of rotatable bonds is 4. The smallest absolute Gasteiger partial charge is 0.427 e. The normalized spacial score (nSPS) is 30.2. The first-order valence-electron chi connectivity index (χ1n) is 15.8. The lowest BCUT2D eigenvalue weighted by Crippen LogP contribution is -3.05. The second kappa shape index (κ2) is 14.3. The first kappa shape index (κ1) is 33.0. The fourth-order valence-corrected chi connectivity index (χ4v) is 10.6. The fourth-order valence-electron chi connectivity index (χ4n) is 9.05. The van der Waals surface area contributed by atoms with E-state index in [2.05, 4.69) is 45.5 Å². The van der Waals surface area contributed by atoms with Gasteiger partial charge in [0.15, 0.2) is 5.69 Å². The number of halogens is 3. The van der Waals surface area contributed by atoms with Crippen LogP contribution in [0.2, 0.25) is 0 Å². The average Bonchev–Trinajstić information content (AvgIpc) is 3.74. The summed E-state index contributed by atoms with van der Waals surface area (Å²) in [4.78, 5) is 24.3. The number of quaternary nitrogens is 2. The van der Waals surface area contributed by atoms with Gasteiger partial charge in [-0.05, 0) is 67.3 Å². The van der Waals surface area contributed by atoms with Crippen molar-refractivity contribution in [3.63, 3.8) is 0 Å². The number of benzene rings is 1. The quantitative estimate of drug-likeness (QED) is 0.344. The number of hydrogen-bond donors (Lipinski definition) is 2. The molecule has 0 unspecified atom stereocenters. The molecule has 41 heavy (non-hydrogen) atoms. The zero-order chi connectivity index (χ0) is 25.5. The van der Waals surface area contributed by atoms with E-state index in [4.69, 9.17) is 0 Å². The predicted octanol–water partition coefficient (Wildman–Crippen LogP) is -5.99. The third-order valence-electron chi connectivity index (χ3n) is 11.0. The van der Waals surface area contributed by atoms with E-state index in [9.17, 15) is 4.79 Å². The van der Waals surface area contributed by atoms with Crippen LogP contribution in [-0.2, 0) is 16.6 Å². The van der Waals surface area contributed by atoms with Crippen molar-refractivity contribution in [3.05, 3.63) is 46.5 Å². The van der Waals surface area contributed by atoms with E-state index in [0.29, 0.717) is 23.8 Å². The lowest BCUT2D eigenvalue weighted by molar-refractivity contribution is -0.851. The van der Waals surface area contributed by atoms with Crippen LogP contribution < -0.4 is 52.4 Å². The average molecular weight is 642 g/mol. The molecule has 2 aromatic rings. The van der Waals surface area contributed by atoms with Crippen LogP contribution in [0.15, 0.2) is 30.3 Å². The number of piperidine rings is 1. The molecule has 4 heterocycles. The van der Waals surface area contributed by atoms with Crippen molar-refractivity contribution in [2.24, 2.45) is 11.8 Å². The van der Waals surface area contributed by atoms with Crippen molar-refractivity contribution in [1.82, 2.24) is 4.90 Å². The minimum Gasteiger partial charge on any atom is -1.00 e. The predicted molar refractivity (Wildman–Crippen MR) is 151 cm³/mol. The van der Waals surface area contributed by atoms with E-state index in [1.807, 2.05) is 11.3 Å². The molecule has 3 aliphatic heterocycles. The number of nitrogens with two attached hydrogens (primary N) is 1. The first-order chi connectivity index (χ1) is 18.7. The number of carbonyl (C=O) groups is 1. The third kappa shape index (κ3) is 6.21. The highest BCUT2D eigenvalue weighted by Crippen LogP contribution is 2.48. The summed E-state index contributed by atoms with van der Waals surface area (Å²) in [7, 11) is 0. The molecule has 7 rings (SSSR count). The van der Waals surface area contributed by atoms with Crippen LogP contribution >= 0.6 is 11.3 Å². The molecule has 3 saturated heterocycles. The number of likely N-dealkylation sites (tertiary alicyclic amines) is 1. The number of nitrogens with one attached hydrogen (secondary N) is 2. The molecule has 228 valence electrons. The Kier molecular flexibility index (Phi) is 11.5. The number of aromatic amines is 1. The number of amides is 1.